The second kappa shape index (κ2) is 14.1. The average Bonchev–Trinajstić information content (AvgIpc) is 3.10. The fourth-order valence-electron chi connectivity index (χ4n) is 2.66. The van der Waals surface area contributed by atoms with Crippen molar-refractivity contribution in [3.8, 4) is 0 Å². The Kier molecular flexibility index (Phi) is 12.7. The quantitative estimate of drug-likeness (QED) is 0.234. The lowest BCUT2D eigenvalue weighted by Gasteiger charge is -2.15. The topological polar surface area (TPSA) is 229 Å². The molecule has 0 unspecified atom stereocenters. The summed E-state index contributed by atoms with van der Waals surface area (Å²) in [6, 6.07) is 5.16. The van der Waals surface area contributed by atoms with E-state index < -0.39 is 36.0 Å². The zero-order chi connectivity index (χ0) is 22.7. The number of carbonyl (C=O) groups excluding carboxylic acids is 1. The van der Waals surface area contributed by atoms with Crippen LogP contribution in [0.4, 0.5) is 0 Å². The largest absolute Gasteiger partial charge is 0.480 e. The van der Waals surface area contributed by atoms with Gasteiger partial charge in [-0.15, -0.1) is 0 Å². The van der Waals surface area contributed by atoms with Crippen molar-refractivity contribution < 1.29 is 30.1 Å². The molecule has 0 aliphatic carbocycles. The van der Waals surface area contributed by atoms with Crippen LogP contribution in [-0.2, 0) is 20.8 Å². The van der Waals surface area contributed by atoms with E-state index in [1.165, 1.54) is 6.92 Å². The predicted octanol–water partition coefficient (Wildman–Crippen LogP) is -0.670. The van der Waals surface area contributed by atoms with Crippen molar-refractivity contribution in [1.29, 1.82) is 0 Å². The van der Waals surface area contributed by atoms with Crippen LogP contribution in [0.1, 0.15) is 31.7 Å². The highest BCUT2D eigenvalue weighted by Gasteiger charge is 2.23. The average molecular weight is 440 g/mol. The third-order valence-electron chi connectivity index (χ3n) is 4.41. The summed E-state index contributed by atoms with van der Waals surface area (Å²) >= 11 is 0. The van der Waals surface area contributed by atoms with Crippen molar-refractivity contribution >= 4 is 28.7 Å². The van der Waals surface area contributed by atoms with Gasteiger partial charge in [0.15, 0.2) is 0 Å². The maximum absolute atomic E-state index is 11.5. The highest BCUT2D eigenvalue weighted by molar-refractivity contribution is 5.88. The fraction of sp³-hybridized carbons (Fsp3) is 0.450. The van der Waals surface area contributed by atoms with Gasteiger partial charge in [-0.25, -0.2) is 4.79 Å². The van der Waals surface area contributed by atoms with E-state index in [0.717, 1.165) is 29.3 Å². The molecule has 11 nitrogen and oxygen atoms in total. The molecule has 1 heterocycles. The van der Waals surface area contributed by atoms with Gasteiger partial charge in [-0.05, 0) is 37.9 Å². The normalized spacial score (nSPS) is 13.2. The van der Waals surface area contributed by atoms with Gasteiger partial charge in [-0.3, -0.25) is 9.59 Å². The number of aromatic nitrogens is 1. The molecule has 174 valence electrons. The van der Waals surface area contributed by atoms with E-state index in [1.807, 2.05) is 24.3 Å². The molecule has 1 amide bonds. The molecule has 0 saturated carbocycles. The predicted molar refractivity (Wildman–Crippen MR) is 117 cm³/mol. The van der Waals surface area contributed by atoms with Crippen molar-refractivity contribution in [1.82, 2.24) is 10.3 Å². The van der Waals surface area contributed by atoms with Crippen LogP contribution < -0.4 is 22.5 Å². The Morgan fingerprint density at radius 1 is 1.10 bits per heavy atom. The minimum atomic E-state index is -1.08. The molecule has 0 aliphatic heterocycles. The molecule has 3 atom stereocenters. The lowest BCUT2D eigenvalue weighted by Crippen LogP contribution is -2.48. The molecular formula is C20H33N5O6. The number of carboxylic acid groups (broad SMARTS) is 2. The third kappa shape index (κ3) is 9.57. The summed E-state index contributed by atoms with van der Waals surface area (Å²) in [5.74, 6) is -2.49. The number of H-pyrrole nitrogens is 1. The number of hydrogen-bond acceptors (Lipinski definition) is 6. The Labute approximate surface area is 180 Å². The zero-order valence-corrected chi connectivity index (χ0v) is 17.5. The van der Waals surface area contributed by atoms with Crippen molar-refractivity contribution in [2.75, 3.05) is 6.54 Å². The van der Waals surface area contributed by atoms with Gasteiger partial charge in [0, 0.05) is 23.5 Å². The molecule has 1 aromatic carbocycles. The first-order valence-corrected chi connectivity index (χ1v) is 9.69. The summed E-state index contributed by atoms with van der Waals surface area (Å²) < 4.78 is 0. The Morgan fingerprint density at radius 2 is 1.74 bits per heavy atom. The zero-order valence-electron chi connectivity index (χ0n) is 17.5. The highest BCUT2D eigenvalue weighted by atomic mass is 16.4. The Hall–Kier alpha value is -2.99. The summed E-state index contributed by atoms with van der Waals surface area (Å²) in [6.07, 6.45) is 4.13. The summed E-state index contributed by atoms with van der Waals surface area (Å²) in [5, 5.41) is 20.9. The highest BCUT2D eigenvalue weighted by Crippen LogP contribution is 2.19. The molecule has 0 bridgehead atoms. The number of nitrogens with one attached hydrogen (secondary N) is 2. The summed E-state index contributed by atoms with van der Waals surface area (Å²) in [4.78, 5) is 36.0. The number of amides is 1. The van der Waals surface area contributed by atoms with Gasteiger partial charge in [0.2, 0.25) is 5.91 Å². The van der Waals surface area contributed by atoms with E-state index in [1.54, 1.807) is 6.20 Å². The monoisotopic (exact) mass is 439 g/mol. The molecule has 31 heavy (non-hydrogen) atoms. The molecule has 0 fully saturated rings. The van der Waals surface area contributed by atoms with Crippen molar-refractivity contribution in [2.45, 2.75) is 50.7 Å². The van der Waals surface area contributed by atoms with Gasteiger partial charge in [0.05, 0.1) is 6.04 Å². The van der Waals surface area contributed by atoms with E-state index in [2.05, 4.69) is 10.3 Å². The summed E-state index contributed by atoms with van der Waals surface area (Å²) in [7, 11) is 0. The minimum absolute atomic E-state index is 0. The first kappa shape index (κ1) is 28.0. The van der Waals surface area contributed by atoms with Crippen LogP contribution in [0, 0.1) is 0 Å². The first-order chi connectivity index (χ1) is 14.2. The van der Waals surface area contributed by atoms with Crippen molar-refractivity contribution in [3.05, 3.63) is 36.0 Å². The molecule has 0 radical (unpaired) electrons. The number of unbranched alkanes of at least 4 members (excludes halogenated alkanes) is 1. The van der Waals surface area contributed by atoms with Crippen LogP contribution in [0.5, 0.6) is 0 Å². The molecule has 1 aromatic heterocycles. The molecule has 0 saturated heterocycles. The molecule has 0 aliphatic rings. The van der Waals surface area contributed by atoms with Gasteiger partial charge < -0.3 is 43.2 Å². The molecule has 12 N–H and O–H groups in total. The van der Waals surface area contributed by atoms with E-state index in [-0.39, 0.29) is 11.9 Å². The first-order valence-electron chi connectivity index (χ1n) is 9.69. The maximum Gasteiger partial charge on any atom is 0.326 e. The van der Waals surface area contributed by atoms with Crippen LogP contribution in [0.2, 0.25) is 0 Å². The van der Waals surface area contributed by atoms with Crippen molar-refractivity contribution in [3.63, 3.8) is 0 Å². The van der Waals surface area contributed by atoms with Crippen LogP contribution in [0.3, 0.4) is 0 Å². The third-order valence-corrected chi connectivity index (χ3v) is 4.41. The minimum Gasteiger partial charge on any atom is -0.480 e. The molecular weight excluding hydrogens is 406 g/mol. The van der Waals surface area contributed by atoms with Crippen LogP contribution in [0.25, 0.3) is 10.9 Å². The summed E-state index contributed by atoms with van der Waals surface area (Å²) in [6.45, 7) is 2.12. The molecule has 2 aromatic rings. The molecule has 2 rings (SSSR count). The number of nitrogens with two attached hydrogens (primary N) is 3. The standard InChI is InChI=1S/C14H17N3O3.C6H14N2O2.H2O/c1-8(15)13(18)17-12(14(19)20)6-9-7-16-11-5-3-2-4-10(9)11;7-4-2-1-3-5(8)6(9)10;/h2-5,7-8,12,16H,6,15H2,1H3,(H,17,18)(H,19,20);5H,1-4,7-8H2,(H,9,10);1H2/t8-,12-;5-;/m00./s1. The van der Waals surface area contributed by atoms with E-state index in [4.69, 9.17) is 22.3 Å². The number of benzene rings is 1. The Balaban J connectivity index is 0.000000701. The second-order valence-electron chi connectivity index (χ2n) is 6.98. The van der Waals surface area contributed by atoms with Gasteiger partial charge in [-0.1, -0.05) is 24.6 Å². The van der Waals surface area contributed by atoms with Gasteiger partial charge in [0.25, 0.3) is 0 Å². The Morgan fingerprint density at radius 3 is 2.29 bits per heavy atom. The number of aliphatic carboxylic acids is 2. The number of carboxylic acids is 2. The lowest BCUT2D eigenvalue weighted by atomic mass is 10.0. The van der Waals surface area contributed by atoms with Gasteiger partial charge in [0.1, 0.15) is 12.1 Å². The van der Waals surface area contributed by atoms with E-state index >= 15 is 0 Å². The number of rotatable bonds is 10. The van der Waals surface area contributed by atoms with Crippen LogP contribution >= 0.6 is 0 Å². The van der Waals surface area contributed by atoms with E-state index in [0.29, 0.717) is 13.0 Å². The van der Waals surface area contributed by atoms with Gasteiger partial charge in [-0.2, -0.15) is 0 Å². The second-order valence-corrected chi connectivity index (χ2v) is 6.98. The lowest BCUT2D eigenvalue weighted by molar-refractivity contribution is -0.142. The fourth-order valence-corrected chi connectivity index (χ4v) is 2.66. The number of para-hydroxylation sites is 1. The van der Waals surface area contributed by atoms with Gasteiger partial charge >= 0.3 is 11.9 Å². The van der Waals surface area contributed by atoms with E-state index in [9.17, 15) is 19.5 Å². The Bertz CT molecular complexity index is 838. The summed E-state index contributed by atoms with van der Waals surface area (Å²) in [5.41, 5.74) is 17.6. The number of hydrogen-bond donors (Lipinski definition) is 7. The SMILES string of the molecule is C[C@H](N)C(=O)N[C@@H](Cc1c[nH]c2ccccc12)C(=O)O.NCCCC[C@H](N)C(=O)O.O. The number of aromatic amines is 1. The molecule has 0 spiro atoms. The number of carbonyl (C=O) groups is 3. The van der Waals surface area contributed by atoms with Crippen LogP contribution in [-0.4, -0.2) is 63.2 Å². The van der Waals surface area contributed by atoms with Crippen molar-refractivity contribution in [2.24, 2.45) is 17.2 Å². The maximum atomic E-state index is 11.5. The smallest absolute Gasteiger partial charge is 0.326 e. The molecule has 11 heteroatoms. The van der Waals surface area contributed by atoms with Crippen LogP contribution in [0.15, 0.2) is 30.5 Å². The number of fused-ring (bicyclic) bond motifs is 1.